The molecule has 0 saturated carbocycles. The zero-order valence-electron chi connectivity index (χ0n) is 58.7. The summed E-state index contributed by atoms with van der Waals surface area (Å²) in [7, 11) is -0.968. The lowest BCUT2D eigenvalue weighted by Crippen LogP contribution is -2.60. The Morgan fingerprint density at radius 1 is 0.825 bits per heavy atom. The molecule has 11 N–H and O–H groups in total. The fraction of sp³-hybridized carbons (Fsp3) is 0.672. The number of nitrogens with two attached hydrogens (primary N) is 1. The Bertz CT molecular complexity index is 3570. The van der Waals surface area contributed by atoms with Gasteiger partial charge >= 0.3 is 0 Å². The molecule has 568 valence electrons. The first-order valence-corrected chi connectivity index (χ1v) is 37.2. The second-order valence-corrected chi connectivity index (χ2v) is 29.4. The van der Waals surface area contributed by atoms with Crippen molar-refractivity contribution in [3.8, 4) is 5.75 Å². The van der Waals surface area contributed by atoms with Crippen molar-refractivity contribution in [3.05, 3.63) is 35.2 Å². The number of primary amides is 1. The molecule has 8 rings (SSSR count). The lowest BCUT2D eigenvalue weighted by atomic mass is 9.85. The number of aliphatic hydroxyl groups is 3. The Hall–Kier alpha value is -7.84. The standard InChI is InChI=1S/C67H97N13O21S2/c1-6-37(2)46-26-42(82)29-69-61(90)40-24-47-45-7-8-54(97-5)48(35-102-44-9-12-77(13-10-44)57(88)11-15-98-17-19-100-21-22-101-20-18-99-16-14-78-31-41(75-76-78)32-80-58(89)23-38(3)66(80)94)60(45)74-65(47)103(96)36-50(71-56(87)30-70-62(46)91)63(92)72-49(28-55(68)86)67(95)79-33-43(83)27-51(79)64(93)73-59(52(84)25-40)39(4)53(85)34-81/h7-8,31,37-40,43-44,46,49-51,53,59,74,81,83,85H,6,9-30,32-36H2,1-5H3,(H2,68,86)(H,69,90)(H,70,91)(H,71,87)(H,72,92)(H,73,93)/t37-,38?,39-,40+,43+,46-,49-,50-,51-,53-,59-,103?/m0/s1. The number of fused-ring (bicyclic) bond motifs is 5. The minimum Gasteiger partial charge on any atom is -0.496 e. The van der Waals surface area contributed by atoms with E-state index in [0.717, 1.165) is 4.90 Å². The molecule has 36 heteroatoms. The molecule has 0 radical (unpaired) electrons. The van der Waals surface area contributed by atoms with Crippen molar-refractivity contribution < 1.29 is 101 Å². The molecule has 0 aliphatic carbocycles. The number of imide groups is 1. The van der Waals surface area contributed by atoms with Gasteiger partial charge in [-0.1, -0.05) is 39.3 Å². The van der Waals surface area contributed by atoms with E-state index >= 15 is 9.00 Å². The number of ketones is 2. The highest BCUT2D eigenvalue weighted by atomic mass is 32.2. The maximum atomic E-state index is 15.5. The normalized spacial score (nSPS) is 25.0. The van der Waals surface area contributed by atoms with E-state index in [-0.39, 0.29) is 84.3 Å². The van der Waals surface area contributed by atoms with Gasteiger partial charge in [0.25, 0.3) is 0 Å². The van der Waals surface area contributed by atoms with Crippen molar-refractivity contribution in [1.82, 2.24) is 61.3 Å². The molecular weight excluding hydrogens is 1390 g/mol. The number of benzene rings is 1. The van der Waals surface area contributed by atoms with Gasteiger partial charge in [-0.3, -0.25) is 66.6 Å². The number of H-pyrrole nitrogens is 1. The number of aromatic nitrogens is 4. The van der Waals surface area contributed by atoms with E-state index in [1.165, 1.54) is 18.9 Å². The number of ether oxygens (including phenoxy) is 5. The largest absolute Gasteiger partial charge is 0.496 e. The summed E-state index contributed by atoms with van der Waals surface area (Å²) < 4.78 is 45.5. The fourth-order valence-corrected chi connectivity index (χ4v) is 15.7. The number of thioether (sulfide) groups is 1. The quantitative estimate of drug-likeness (QED) is 0.0264. The summed E-state index contributed by atoms with van der Waals surface area (Å²) in [5.41, 5.74) is 7.28. The van der Waals surface area contributed by atoms with Crippen LogP contribution in [0.4, 0.5) is 0 Å². The molecule has 5 aliphatic rings. The van der Waals surface area contributed by atoms with Gasteiger partial charge in [0.2, 0.25) is 59.1 Å². The van der Waals surface area contributed by atoms with Crippen molar-refractivity contribution >= 4 is 104 Å². The fourth-order valence-electron chi connectivity index (χ4n) is 13.1. The lowest BCUT2D eigenvalue weighted by Gasteiger charge is -2.32. The number of aromatic amines is 1. The number of hydrogen-bond donors (Lipinski definition) is 10. The molecule has 3 aromatic rings. The lowest BCUT2D eigenvalue weighted by molar-refractivity contribution is -0.144. The van der Waals surface area contributed by atoms with Crippen molar-refractivity contribution in [3.63, 3.8) is 0 Å². The van der Waals surface area contributed by atoms with E-state index in [0.29, 0.717) is 106 Å². The van der Waals surface area contributed by atoms with Crippen LogP contribution in [0.5, 0.6) is 5.75 Å². The molecule has 34 nitrogen and oxygen atoms in total. The number of aliphatic hydroxyl groups excluding tert-OH is 3. The van der Waals surface area contributed by atoms with E-state index < -0.39 is 181 Å². The van der Waals surface area contributed by atoms with Crippen LogP contribution in [-0.4, -0.2) is 272 Å². The van der Waals surface area contributed by atoms with Crippen molar-refractivity contribution in [2.45, 2.75) is 157 Å². The number of nitrogens with one attached hydrogen (secondary N) is 6. The SMILES string of the molecule is CC[C@H](C)[C@@H]1CC(=O)CNC(=O)[C@H]2CC(=O)[C@H]([C@@H](C)[C@@H](O)CO)NC(=O)[C@@H]3C[C@@H](O)CN3C(=O)[C@H](CC(N)=O)NC(=O)[C@H](CS(=O)c3[nH]c4c(CSC5CCN(C(=O)CCOCCOCCOCCOCCn6cc(CN7C(=O)CC(C)C7=O)nn6)CC5)c(OC)ccc4c3C2)NC(=O)CNC1=O. The first-order chi connectivity index (χ1) is 49.3. The molecular formula is C67H97N13O21S2. The predicted molar refractivity (Wildman–Crippen MR) is 368 cm³/mol. The Balaban J connectivity index is 0.944. The Morgan fingerprint density at radius 3 is 2.16 bits per heavy atom. The molecule has 0 spiro atoms. The van der Waals surface area contributed by atoms with Crippen LogP contribution in [0.15, 0.2) is 23.4 Å². The molecule has 103 heavy (non-hydrogen) atoms. The van der Waals surface area contributed by atoms with Gasteiger partial charge in [0.1, 0.15) is 34.6 Å². The van der Waals surface area contributed by atoms with E-state index in [1.807, 2.05) is 0 Å². The third kappa shape index (κ3) is 22.1. The molecule has 2 bridgehead atoms. The zero-order chi connectivity index (χ0) is 74.6. The van der Waals surface area contributed by atoms with Gasteiger partial charge in [-0.05, 0) is 42.9 Å². The maximum Gasteiger partial charge on any atom is 0.246 e. The molecule has 10 amide bonds. The number of carbonyl (C=O) groups excluding carboxylic acids is 12. The van der Waals surface area contributed by atoms with Crippen molar-refractivity contribution in [2.24, 2.45) is 35.3 Å². The Labute approximate surface area is 602 Å². The summed E-state index contributed by atoms with van der Waals surface area (Å²) in [4.78, 5) is 173. The predicted octanol–water partition coefficient (Wildman–Crippen LogP) is -2.57. The first kappa shape index (κ1) is 80.8. The summed E-state index contributed by atoms with van der Waals surface area (Å²) in [6.45, 7) is 7.68. The van der Waals surface area contributed by atoms with Crippen LogP contribution in [0.1, 0.15) is 102 Å². The van der Waals surface area contributed by atoms with Gasteiger partial charge in [-0.25, -0.2) is 4.68 Å². The molecule has 1 aromatic carbocycles. The smallest absolute Gasteiger partial charge is 0.246 e. The Morgan fingerprint density at radius 2 is 1.50 bits per heavy atom. The molecule has 7 heterocycles. The molecule has 3 saturated heterocycles. The van der Waals surface area contributed by atoms with Gasteiger partial charge in [-0.15, -0.1) is 5.10 Å². The number of nitrogens with zero attached hydrogens (tertiary/aromatic N) is 6. The van der Waals surface area contributed by atoms with Crippen LogP contribution < -0.4 is 37.1 Å². The summed E-state index contributed by atoms with van der Waals surface area (Å²) in [5.74, 6) is -13.5. The van der Waals surface area contributed by atoms with E-state index in [1.54, 1.807) is 60.4 Å². The number of hydrogen-bond acceptors (Lipinski definition) is 24. The van der Waals surface area contributed by atoms with Gasteiger partial charge in [0.05, 0.1) is 152 Å². The third-order valence-electron chi connectivity index (χ3n) is 19.3. The molecule has 5 aliphatic heterocycles. The number of piperidine rings is 1. The van der Waals surface area contributed by atoms with Crippen LogP contribution in [0.2, 0.25) is 0 Å². The minimum absolute atomic E-state index is 0.0323. The second-order valence-electron chi connectivity index (χ2n) is 26.7. The highest BCUT2D eigenvalue weighted by molar-refractivity contribution is 7.99. The summed E-state index contributed by atoms with van der Waals surface area (Å²) in [6, 6.07) is -3.67. The first-order valence-electron chi connectivity index (χ1n) is 34.9. The number of likely N-dealkylation sites (tertiary alicyclic amines) is 2. The maximum absolute atomic E-state index is 15.5. The minimum atomic E-state index is -2.43. The number of Topliss-reactive ketones (excluding diaryl/α,β-unsaturated/α-hetero) is 2. The Kier molecular flexibility index (Phi) is 30.4. The second kappa shape index (κ2) is 38.8. The van der Waals surface area contributed by atoms with Crippen LogP contribution >= 0.6 is 11.8 Å². The molecule has 12 atom stereocenters. The molecule has 2 unspecified atom stereocenters. The molecule has 2 aromatic heterocycles. The van der Waals surface area contributed by atoms with Gasteiger partial charge < -0.3 is 86.1 Å². The topological polar surface area (TPSA) is 471 Å². The van der Waals surface area contributed by atoms with Crippen molar-refractivity contribution in [2.75, 3.05) is 105 Å². The van der Waals surface area contributed by atoms with Crippen LogP contribution in [0.3, 0.4) is 0 Å². The van der Waals surface area contributed by atoms with Gasteiger partial charge in [-0.2, -0.15) is 11.8 Å². The van der Waals surface area contributed by atoms with E-state index in [4.69, 9.17) is 29.4 Å². The number of carbonyl (C=O) groups is 12. The van der Waals surface area contributed by atoms with Gasteiger partial charge in [0.15, 0.2) is 11.6 Å². The van der Waals surface area contributed by atoms with Crippen LogP contribution in [-0.2, 0) is 113 Å². The number of rotatable bonds is 28. The monoisotopic (exact) mass is 1480 g/mol. The van der Waals surface area contributed by atoms with E-state index in [9.17, 15) is 68.1 Å². The highest BCUT2D eigenvalue weighted by Gasteiger charge is 2.46. The zero-order valence-corrected chi connectivity index (χ0v) is 60.4. The van der Waals surface area contributed by atoms with Crippen LogP contribution in [0.25, 0.3) is 10.9 Å². The van der Waals surface area contributed by atoms with Gasteiger partial charge in [0, 0.05) is 90.9 Å². The summed E-state index contributed by atoms with van der Waals surface area (Å²) in [5, 5.41) is 53.3. The number of amides is 10. The third-order valence-corrected chi connectivity index (χ3v) is 22.2. The average molecular weight is 1480 g/mol. The van der Waals surface area contributed by atoms with Crippen LogP contribution in [0, 0.1) is 29.6 Å². The molecule has 3 fully saturated rings. The number of methoxy groups -OCH3 is 1. The summed E-state index contributed by atoms with van der Waals surface area (Å²) in [6.07, 6.45) is -2.15. The average Bonchev–Trinajstić information content (AvgIpc) is 1.62. The summed E-state index contributed by atoms with van der Waals surface area (Å²) >= 11 is 1.58. The van der Waals surface area contributed by atoms with Crippen molar-refractivity contribution in [1.29, 1.82) is 0 Å². The highest BCUT2D eigenvalue weighted by Crippen LogP contribution is 2.39. The van der Waals surface area contributed by atoms with E-state index in [2.05, 4.69) is 41.9 Å².